The Morgan fingerprint density at radius 1 is 0.885 bits per heavy atom. The van der Waals surface area contributed by atoms with Gasteiger partial charge in [0.05, 0.1) is 0 Å². The van der Waals surface area contributed by atoms with Crippen molar-refractivity contribution >= 4 is 29.2 Å². The molecule has 8 nitrogen and oxygen atoms in total. The van der Waals surface area contributed by atoms with E-state index >= 15 is 0 Å². The van der Waals surface area contributed by atoms with E-state index < -0.39 is 11.9 Å². The zero-order valence-electron chi connectivity index (χ0n) is 13.8. The number of hydrogen-bond donors (Lipinski definition) is 5. The molecular weight excluding hydrogens is 336 g/mol. The van der Waals surface area contributed by atoms with Crippen LogP contribution in [-0.4, -0.2) is 23.0 Å². The summed E-state index contributed by atoms with van der Waals surface area (Å²) in [4.78, 5) is 35.5. The van der Waals surface area contributed by atoms with Crippen LogP contribution in [0.4, 0.5) is 16.2 Å². The van der Waals surface area contributed by atoms with Crippen LogP contribution in [0, 0.1) is 5.92 Å². The molecule has 3 rings (SSSR count). The highest BCUT2D eigenvalue weighted by atomic mass is 16.3. The smallest absolute Gasteiger partial charge is 0.337 e. The molecule has 0 heterocycles. The Morgan fingerprint density at radius 2 is 1.58 bits per heavy atom. The number of rotatable bonds is 4. The third-order valence-electron chi connectivity index (χ3n) is 3.73. The van der Waals surface area contributed by atoms with E-state index in [9.17, 15) is 19.5 Å². The van der Waals surface area contributed by atoms with E-state index in [1.807, 2.05) is 0 Å². The second-order valence-corrected chi connectivity index (χ2v) is 5.93. The molecule has 1 saturated carbocycles. The Labute approximate surface area is 149 Å². The van der Waals surface area contributed by atoms with Crippen molar-refractivity contribution in [3.63, 3.8) is 0 Å². The van der Waals surface area contributed by atoms with Gasteiger partial charge in [-0.2, -0.15) is 0 Å². The van der Waals surface area contributed by atoms with Gasteiger partial charge in [-0.15, -0.1) is 0 Å². The van der Waals surface area contributed by atoms with Gasteiger partial charge in [-0.25, -0.2) is 10.2 Å². The number of anilines is 2. The number of urea groups is 1. The Morgan fingerprint density at radius 3 is 2.27 bits per heavy atom. The number of nitrogens with one attached hydrogen (secondary N) is 4. The van der Waals surface area contributed by atoms with Gasteiger partial charge in [-0.3, -0.25) is 15.0 Å². The van der Waals surface area contributed by atoms with Gasteiger partial charge in [0.1, 0.15) is 5.75 Å². The Kier molecular flexibility index (Phi) is 5.02. The molecule has 0 unspecified atom stereocenters. The van der Waals surface area contributed by atoms with Gasteiger partial charge in [0.2, 0.25) is 5.91 Å². The third-order valence-corrected chi connectivity index (χ3v) is 3.73. The van der Waals surface area contributed by atoms with E-state index in [0.29, 0.717) is 11.4 Å². The van der Waals surface area contributed by atoms with Gasteiger partial charge in [0, 0.05) is 22.9 Å². The number of hydrazine groups is 1. The van der Waals surface area contributed by atoms with Gasteiger partial charge >= 0.3 is 6.03 Å². The summed E-state index contributed by atoms with van der Waals surface area (Å²) in [5.74, 6) is -0.554. The quantitative estimate of drug-likeness (QED) is 0.541. The Hall–Kier alpha value is -3.55. The van der Waals surface area contributed by atoms with Crippen molar-refractivity contribution in [2.45, 2.75) is 12.8 Å². The summed E-state index contributed by atoms with van der Waals surface area (Å²) in [5.41, 5.74) is 5.70. The van der Waals surface area contributed by atoms with E-state index in [1.165, 1.54) is 24.3 Å². The lowest BCUT2D eigenvalue weighted by molar-refractivity contribution is -0.117. The van der Waals surface area contributed by atoms with Gasteiger partial charge in [-0.05, 0) is 49.2 Å². The van der Waals surface area contributed by atoms with Crippen molar-refractivity contribution in [3.8, 4) is 5.75 Å². The minimum atomic E-state index is -0.649. The van der Waals surface area contributed by atoms with Crippen LogP contribution in [0.5, 0.6) is 5.75 Å². The second-order valence-electron chi connectivity index (χ2n) is 5.93. The molecule has 1 fully saturated rings. The number of amides is 4. The molecule has 2 aromatic rings. The molecule has 5 N–H and O–H groups in total. The van der Waals surface area contributed by atoms with Crippen molar-refractivity contribution in [1.82, 2.24) is 10.9 Å². The van der Waals surface area contributed by atoms with Gasteiger partial charge in [-0.1, -0.05) is 12.1 Å². The number of benzene rings is 2. The third kappa shape index (κ3) is 4.73. The van der Waals surface area contributed by atoms with Crippen molar-refractivity contribution in [3.05, 3.63) is 54.1 Å². The van der Waals surface area contributed by atoms with E-state index in [-0.39, 0.29) is 23.1 Å². The summed E-state index contributed by atoms with van der Waals surface area (Å²) in [6.45, 7) is 0. The molecule has 2 aromatic carbocycles. The van der Waals surface area contributed by atoms with Crippen LogP contribution in [0.25, 0.3) is 0 Å². The molecule has 1 aliphatic carbocycles. The lowest BCUT2D eigenvalue weighted by atomic mass is 10.2. The lowest BCUT2D eigenvalue weighted by Gasteiger charge is -2.10. The molecule has 0 spiro atoms. The molecule has 4 amide bonds. The SMILES string of the molecule is O=C(NNC(=O)c1cccc(O)c1)Nc1cccc(NC(=O)C2CC2)c1. The zero-order valence-corrected chi connectivity index (χ0v) is 13.8. The van der Waals surface area contributed by atoms with Crippen LogP contribution in [-0.2, 0) is 4.79 Å². The zero-order chi connectivity index (χ0) is 18.5. The van der Waals surface area contributed by atoms with Crippen LogP contribution in [0.3, 0.4) is 0 Å². The maximum atomic E-state index is 11.9. The molecule has 0 aromatic heterocycles. The standard InChI is InChI=1S/C18H18N4O4/c23-15-6-1-3-12(9-15)17(25)21-22-18(26)20-14-5-2-4-13(10-14)19-16(24)11-7-8-11/h1-6,9-11,23H,7-8H2,(H,19,24)(H,21,25)(H2,20,22,26). The molecule has 0 bridgehead atoms. The average molecular weight is 354 g/mol. The first kappa shape index (κ1) is 17.3. The van der Waals surface area contributed by atoms with Crippen LogP contribution in [0.15, 0.2) is 48.5 Å². The van der Waals surface area contributed by atoms with Crippen LogP contribution >= 0.6 is 0 Å². The van der Waals surface area contributed by atoms with Crippen LogP contribution in [0.2, 0.25) is 0 Å². The predicted molar refractivity (Wildman–Crippen MR) is 95.5 cm³/mol. The minimum absolute atomic E-state index is 0.0232. The number of phenolic OH excluding ortho intramolecular Hbond substituents is 1. The Bertz CT molecular complexity index is 849. The number of carbonyl (C=O) groups excluding carboxylic acids is 3. The lowest BCUT2D eigenvalue weighted by Crippen LogP contribution is -2.43. The summed E-state index contributed by atoms with van der Waals surface area (Å²) in [6.07, 6.45) is 1.82. The molecule has 134 valence electrons. The fraction of sp³-hybridized carbons (Fsp3) is 0.167. The maximum absolute atomic E-state index is 11.9. The topological polar surface area (TPSA) is 120 Å². The monoisotopic (exact) mass is 354 g/mol. The molecule has 0 radical (unpaired) electrons. The maximum Gasteiger partial charge on any atom is 0.337 e. The average Bonchev–Trinajstić information content (AvgIpc) is 3.45. The molecule has 0 aliphatic heterocycles. The van der Waals surface area contributed by atoms with Gasteiger partial charge < -0.3 is 15.7 Å². The van der Waals surface area contributed by atoms with Crippen molar-refractivity contribution < 1.29 is 19.5 Å². The first-order chi connectivity index (χ1) is 12.5. The van der Waals surface area contributed by atoms with Gasteiger partial charge in [0.25, 0.3) is 5.91 Å². The van der Waals surface area contributed by atoms with E-state index in [1.54, 1.807) is 24.3 Å². The summed E-state index contributed by atoms with van der Waals surface area (Å²) < 4.78 is 0. The van der Waals surface area contributed by atoms with Crippen LogP contribution < -0.4 is 21.5 Å². The van der Waals surface area contributed by atoms with E-state index in [2.05, 4.69) is 21.5 Å². The largest absolute Gasteiger partial charge is 0.508 e. The van der Waals surface area contributed by atoms with Gasteiger partial charge in [0.15, 0.2) is 0 Å². The predicted octanol–water partition coefficient (Wildman–Crippen LogP) is 2.21. The highest BCUT2D eigenvalue weighted by molar-refractivity contribution is 5.98. The summed E-state index contributed by atoms with van der Waals surface area (Å²) in [5, 5.41) is 14.7. The summed E-state index contributed by atoms with van der Waals surface area (Å²) in [6, 6.07) is 11.8. The van der Waals surface area contributed by atoms with Crippen molar-refractivity contribution in [1.29, 1.82) is 0 Å². The van der Waals surface area contributed by atoms with E-state index in [4.69, 9.17) is 0 Å². The first-order valence-corrected chi connectivity index (χ1v) is 8.08. The van der Waals surface area contributed by atoms with Crippen molar-refractivity contribution in [2.75, 3.05) is 10.6 Å². The number of hydrogen-bond acceptors (Lipinski definition) is 4. The number of phenols is 1. The molecule has 0 atom stereocenters. The number of carbonyl (C=O) groups is 3. The molecule has 0 saturated heterocycles. The van der Waals surface area contributed by atoms with Crippen LogP contribution in [0.1, 0.15) is 23.2 Å². The summed E-state index contributed by atoms with van der Waals surface area (Å²) >= 11 is 0. The second kappa shape index (κ2) is 7.56. The molecular formula is C18H18N4O4. The fourth-order valence-electron chi connectivity index (χ4n) is 2.26. The fourth-order valence-corrected chi connectivity index (χ4v) is 2.26. The molecule has 1 aliphatic rings. The normalized spacial score (nSPS) is 12.8. The minimum Gasteiger partial charge on any atom is -0.508 e. The highest BCUT2D eigenvalue weighted by Gasteiger charge is 2.29. The Balaban J connectivity index is 1.51. The summed E-state index contributed by atoms with van der Waals surface area (Å²) in [7, 11) is 0. The van der Waals surface area contributed by atoms with Crippen molar-refractivity contribution in [2.24, 2.45) is 5.92 Å². The molecule has 26 heavy (non-hydrogen) atoms. The first-order valence-electron chi connectivity index (χ1n) is 8.08. The molecule has 8 heteroatoms. The highest BCUT2D eigenvalue weighted by Crippen LogP contribution is 2.30. The number of aromatic hydroxyl groups is 1. The van der Waals surface area contributed by atoms with E-state index in [0.717, 1.165) is 12.8 Å².